The molecular formula is C9H13BrN2O2S2. The molecule has 1 aliphatic rings. The van der Waals surface area contributed by atoms with Crippen LogP contribution < -0.4 is 5.73 Å². The summed E-state index contributed by atoms with van der Waals surface area (Å²) in [6.07, 6.45) is 0.726. The van der Waals surface area contributed by atoms with E-state index in [0.29, 0.717) is 15.2 Å². The molecular weight excluding hydrogens is 312 g/mol. The highest BCUT2D eigenvalue weighted by Crippen LogP contribution is 2.33. The quantitative estimate of drug-likeness (QED) is 0.899. The van der Waals surface area contributed by atoms with E-state index in [1.807, 2.05) is 6.92 Å². The van der Waals surface area contributed by atoms with Crippen LogP contribution in [0.15, 0.2) is 20.1 Å². The van der Waals surface area contributed by atoms with Crippen molar-refractivity contribution in [1.82, 2.24) is 4.31 Å². The summed E-state index contributed by atoms with van der Waals surface area (Å²) in [6, 6.07) is 1.56. The standard InChI is InChI=1S/C9H13BrN2O2S2/c1-6-8(11)2-4-12(6)16(13,14)9-7(10)3-5-15-9/h3,5-6,8H,2,4,11H2,1H3. The molecule has 0 saturated carbocycles. The first kappa shape index (κ1) is 12.5. The van der Waals surface area contributed by atoms with Crippen LogP contribution in [0.4, 0.5) is 0 Å². The minimum atomic E-state index is -3.38. The summed E-state index contributed by atoms with van der Waals surface area (Å²) in [6.45, 7) is 2.37. The molecule has 2 atom stereocenters. The molecule has 1 fully saturated rings. The number of rotatable bonds is 2. The van der Waals surface area contributed by atoms with Crippen LogP contribution in [0, 0.1) is 0 Å². The Bertz CT molecular complexity index is 485. The Morgan fingerprint density at radius 1 is 1.62 bits per heavy atom. The molecule has 0 amide bonds. The molecule has 0 spiro atoms. The molecule has 1 aromatic heterocycles. The van der Waals surface area contributed by atoms with E-state index in [2.05, 4.69) is 15.9 Å². The van der Waals surface area contributed by atoms with E-state index < -0.39 is 10.0 Å². The SMILES string of the molecule is CC1C(N)CCN1S(=O)(=O)c1sccc1Br. The number of hydrogen-bond acceptors (Lipinski definition) is 4. The van der Waals surface area contributed by atoms with Crippen molar-refractivity contribution in [3.63, 3.8) is 0 Å². The highest BCUT2D eigenvalue weighted by Gasteiger charge is 2.38. The van der Waals surface area contributed by atoms with Gasteiger partial charge in [0, 0.05) is 23.1 Å². The second kappa shape index (κ2) is 4.38. The second-order valence-corrected chi connectivity index (χ2v) is 7.72. The van der Waals surface area contributed by atoms with Crippen LogP contribution in [0.1, 0.15) is 13.3 Å². The molecule has 0 aromatic carbocycles. The van der Waals surface area contributed by atoms with Crippen molar-refractivity contribution in [2.24, 2.45) is 5.73 Å². The molecule has 0 aliphatic carbocycles. The number of thiophene rings is 1. The molecule has 4 nitrogen and oxygen atoms in total. The van der Waals surface area contributed by atoms with Crippen molar-refractivity contribution in [1.29, 1.82) is 0 Å². The lowest BCUT2D eigenvalue weighted by molar-refractivity contribution is 0.394. The zero-order chi connectivity index (χ0) is 11.9. The van der Waals surface area contributed by atoms with Gasteiger partial charge in [0.15, 0.2) is 0 Å². The van der Waals surface area contributed by atoms with Crippen LogP contribution in [-0.2, 0) is 10.0 Å². The number of halogens is 1. The predicted molar refractivity (Wildman–Crippen MR) is 68.0 cm³/mol. The van der Waals surface area contributed by atoms with Crippen molar-refractivity contribution >= 4 is 37.3 Å². The van der Waals surface area contributed by atoms with Gasteiger partial charge in [0.25, 0.3) is 10.0 Å². The summed E-state index contributed by atoms with van der Waals surface area (Å²) in [7, 11) is -3.38. The van der Waals surface area contributed by atoms with Gasteiger partial charge in [-0.05, 0) is 40.7 Å². The first-order chi connectivity index (χ1) is 7.44. The molecule has 0 radical (unpaired) electrons. The van der Waals surface area contributed by atoms with E-state index in [9.17, 15) is 8.42 Å². The first-order valence-corrected chi connectivity index (χ1v) is 8.06. The number of nitrogens with zero attached hydrogens (tertiary/aromatic N) is 1. The highest BCUT2D eigenvalue weighted by molar-refractivity contribution is 9.10. The van der Waals surface area contributed by atoms with E-state index in [-0.39, 0.29) is 12.1 Å². The highest BCUT2D eigenvalue weighted by atomic mass is 79.9. The van der Waals surface area contributed by atoms with Crippen LogP contribution >= 0.6 is 27.3 Å². The molecule has 16 heavy (non-hydrogen) atoms. The Labute approximate surface area is 108 Å². The number of nitrogens with two attached hydrogens (primary N) is 1. The summed E-state index contributed by atoms with van der Waals surface area (Å²) in [4.78, 5) is 0. The normalized spacial score (nSPS) is 27.4. The molecule has 2 rings (SSSR count). The summed E-state index contributed by atoms with van der Waals surface area (Å²) in [5.41, 5.74) is 5.84. The van der Waals surface area contributed by atoms with Crippen molar-refractivity contribution < 1.29 is 8.42 Å². The summed E-state index contributed by atoms with van der Waals surface area (Å²) in [5.74, 6) is 0. The van der Waals surface area contributed by atoms with Crippen molar-refractivity contribution in [3.8, 4) is 0 Å². The Morgan fingerprint density at radius 3 is 2.75 bits per heavy atom. The second-order valence-electron chi connectivity index (χ2n) is 3.86. The van der Waals surface area contributed by atoms with Crippen LogP contribution in [0.3, 0.4) is 0 Å². The van der Waals surface area contributed by atoms with Crippen molar-refractivity contribution in [2.45, 2.75) is 29.6 Å². The molecule has 1 aliphatic heterocycles. The van der Waals surface area contributed by atoms with Crippen LogP contribution in [0.2, 0.25) is 0 Å². The van der Waals surface area contributed by atoms with Gasteiger partial charge in [-0.2, -0.15) is 4.31 Å². The van der Waals surface area contributed by atoms with Gasteiger partial charge in [-0.3, -0.25) is 0 Å². The lowest BCUT2D eigenvalue weighted by Crippen LogP contribution is -2.40. The smallest absolute Gasteiger partial charge is 0.253 e. The zero-order valence-electron chi connectivity index (χ0n) is 8.76. The van der Waals surface area contributed by atoms with Gasteiger partial charge in [0.1, 0.15) is 4.21 Å². The van der Waals surface area contributed by atoms with E-state index in [0.717, 1.165) is 6.42 Å². The first-order valence-electron chi connectivity index (χ1n) is 4.95. The monoisotopic (exact) mass is 324 g/mol. The van der Waals surface area contributed by atoms with Gasteiger partial charge >= 0.3 is 0 Å². The minimum Gasteiger partial charge on any atom is -0.326 e. The Balaban J connectivity index is 2.38. The molecule has 7 heteroatoms. The lowest BCUT2D eigenvalue weighted by Gasteiger charge is -2.21. The third-order valence-electron chi connectivity index (χ3n) is 2.88. The predicted octanol–water partition coefficient (Wildman–Crippen LogP) is 1.62. The fourth-order valence-electron chi connectivity index (χ4n) is 1.84. The van der Waals surface area contributed by atoms with E-state index in [1.165, 1.54) is 15.6 Å². The fourth-order valence-corrected chi connectivity index (χ4v) is 5.96. The number of hydrogen-bond donors (Lipinski definition) is 1. The number of sulfonamides is 1. The van der Waals surface area contributed by atoms with E-state index >= 15 is 0 Å². The minimum absolute atomic E-state index is 0.0616. The topological polar surface area (TPSA) is 63.4 Å². The van der Waals surface area contributed by atoms with Crippen molar-refractivity contribution in [3.05, 3.63) is 15.9 Å². The third-order valence-corrected chi connectivity index (χ3v) is 7.52. The molecule has 1 aromatic rings. The fraction of sp³-hybridized carbons (Fsp3) is 0.556. The average molecular weight is 325 g/mol. The molecule has 0 bridgehead atoms. The summed E-state index contributed by atoms with van der Waals surface area (Å²) < 4.78 is 27.1. The maximum Gasteiger partial charge on any atom is 0.253 e. The molecule has 1 saturated heterocycles. The molecule has 2 heterocycles. The van der Waals surface area contributed by atoms with Gasteiger partial charge in [-0.25, -0.2) is 8.42 Å². The Hall–Kier alpha value is 0.0500. The maximum atomic E-state index is 12.3. The Morgan fingerprint density at radius 2 is 2.31 bits per heavy atom. The molecule has 90 valence electrons. The van der Waals surface area contributed by atoms with Gasteiger partial charge in [0.05, 0.1) is 0 Å². The van der Waals surface area contributed by atoms with Gasteiger partial charge in [-0.15, -0.1) is 11.3 Å². The average Bonchev–Trinajstić information content (AvgIpc) is 2.76. The van der Waals surface area contributed by atoms with Crippen molar-refractivity contribution in [2.75, 3.05) is 6.54 Å². The molecule has 2 N–H and O–H groups in total. The van der Waals surface area contributed by atoms with E-state index in [4.69, 9.17) is 5.73 Å². The van der Waals surface area contributed by atoms with Crippen LogP contribution in [-0.4, -0.2) is 31.4 Å². The van der Waals surface area contributed by atoms with Crippen LogP contribution in [0.25, 0.3) is 0 Å². The third kappa shape index (κ3) is 1.95. The lowest BCUT2D eigenvalue weighted by atomic mass is 10.2. The zero-order valence-corrected chi connectivity index (χ0v) is 12.0. The Kier molecular flexibility index (Phi) is 3.42. The van der Waals surface area contributed by atoms with Gasteiger partial charge in [0.2, 0.25) is 0 Å². The van der Waals surface area contributed by atoms with Gasteiger partial charge < -0.3 is 5.73 Å². The summed E-state index contributed by atoms with van der Waals surface area (Å²) >= 11 is 4.49. The largest absolute Gasteiger partial charge is 0.326 e. The molecule has 2 unspecified atom stereocenters. The van der Waals surface area contributed by atoms with E-state index in [1.54, 1.807) is 11.4 Å². The summed E-state index contributed by atoms with van der Waals surface area (Å²) in [5, 5.41) is 1.76. The maximum absolute atomic E-state index is 12.3. The van der Waals surface area contributed by atoms with Crippen LogP contribution in [0.5, 0.6) is 0 Å². The van der Waals surface area contributed by atoms with Gasteiger partial charge in [-0.1, -0.05) is 0 Å².